The largest absolute Gasteiger partial charge is 0.507 e. The maximum atomic E-state index is 13.2. The number of anilines is 1. The Labute approximate surface area is 206 Å². The van der Waals surface area contributed by atoms with Gasteiger partial charge in [-0.15, -0.1) is 11.3 Å². The molecular weight excluding hydrogens is 490 g/mol. The fourth-order valence-corrected chi connectivity index (χ4v) is 5.76. The first-order valence-electron chi connectivity index (χ1n) is 10.5. The molecule has 1 N–H and O–H groups in total. The molecule has 1 saturated heterocycles. The number of ether oxygens (including phenoxy) is 1. The van der Waals surface area contributed by atoms with Gasteiger partial charge in [0.05, 0.1) is 27.3 Å². The number of carbonyl (C=O) groups is 2. The number of non-ortho nitro benzene ring substituents is 1. The van der Waals surface area contributed by atoms with E-state index in [1.54, 1.807) is 29.6 Å². The Morgan fingerprint density at radius 2 is 2.03 bits per heavy atom. The first kappa shape index (κ1) is 22.7. The monoisotopic (exact) mass is 507 g/mol. The number of nitrogens with zero attached hydrogens (tertiary/aromatic N) is 3. The first-order valence-corrected chi connectivity index (χ1v) is 12.2. The van der Waals surface area contributed by atoms with Crippen LogP contribution >= 0.6 is 22.7 Å². The van der Waals surface area contributed by atoms with Crippen LogP contribution in [0.3, 0.4) is 0 Å². The van der Waals surface area contributed by atoms with E-state index >= 15 is 0 Å². The van der Waals surface area contributed by atoms with Crippen molar-refractivity contribution in [2.24, 2.45) is 0 Å². The predicted molar refractivity (Wildman–Crippen MR) is 133 cm³/mol. The minimum atomic E-state index is -0.929. The predicted octanol–water partition coefficient (Wildman–Crippen LogP) is 5.29. The molecule has 5 rings (SSSR count). The Bertz CT molecular complexity index is 1510. The van der Waals surface area contributed by atoms with E-state index in [4.69, 9.17) is 4.74 Å². The zero-order valence-corrected chi connectivity index (χ0v) is 19.8. The number of Topliss-reactive ketones (excluding diaryl/α,β-unsaturated/α-hetero) is 1. The van der Waals surface area contributed by atoms with Crippen LogP contribution in [0.5, 0.6) is 5.75 Å². The van der Waals surface area contributed by atoms with Gasteiger partial charge in [-0.1, -0.05) is 29.5 Å². The van der Waals surface area contributed by atoms with Gasteiger partial charge < -0.3 is 9.84 Å². The summed E-state index contributed by atoms with van der Waals surface area (Å²) in [5.41, 5.74) is 0.322. The minimum Gasteiger partial charge on any atom is -0.507 e. The normalized spacial score (nSPS) is 17.3. The second-order valence-electron chi connectivity index (χ2n) is 7.55. The van der Waals surface area contributed by atoms with Gasteiger partial charge in [-0.2, -0.15) is 0 Å². The summed E-state index contributed by atoms with van der Waals surface area (Å²) < 4.78 is 6.32. The summed E-state index contributed by atoms with van der Waals surface area (Å²) in [4.78, 5) is 43.6. The van der Waals surface area contributed by atoms with Gasteiger partial charge >= 0.3 is 5.91 Å². The fraction of sp³-hybridized carbons (Fsp3) is 0.125. The molecule has 4 aromatic rings. The van der Waals surface area contributed by atoms with E-state index in [2.05, 4.69) is 4.98 Å². The third-order valence-corrected chi connectivity index (χ3v) is 7.40. The lowest BCUT2D eigenvalue weighted by Gasteiger charge is -2.21. The standard InChI is InChI=1S/C24H17N3O6S2/c1-2-33-15-8-9-16-18(12-15)35-24(25-16)26-20(17-7-4-10-34-17)19(22(29)23(26)30)21(28)13-5-3-6-14(11-13)27(31)32/h3-12,20,28H,2H2,1H3/b21-19+. The highest BCUT2D eigenvalue weighted by molar-refractivity contribution is 7.22. The summed E-state index contributed by atoms with van der Waals surface area (Å²) in [5, 5.41) is 24.4. The van der Waals surface area contributed by atoms with Crippen LogP contribution in [0.15, 0.2) is 65.6 Å². The zero-order valence-electron chi connectivity index (χ0n) is 18.2. The Balaban J connectivity index is 1.67. The number of amides is 1. The van der Waals surface area contributed by atoms with E-state index in [1.165, 1.54) is 51.8 Å². The number of nitro groups is 1. The van der Waals surface area contributed by atoms with Crippen molar-refractivity contribution in [1.82, 2.24) is 4.98 Å². The van der Waals surface area contributed by atoms with Crippen molar-refractivity contribution in [2.45, 2.75) is 13.0 Å². The van der Waals surface area contributed by atoms with E-state index in [1.807, 2.05) is 13.0 Å². The molecule has 1 aliphatic heterocycles. The highest BCUT2D eigenvalue weighted by Gasteiger charge is 2.48. The summed E-state index contributed by atoms with van der Waals surface area (Å²) in [5.74, 6) is -1.54. The molecule has 0 bridgehead atoms. The molecule has 1 atom stereocenters. The number of ketones is 1. The average molecular weight is 508 g/mol. The second-order valence-corrected chi connectivity index (χ2v) is 9.54. The minimum absolute atomic E-state index is 0.0735. The van der Waals surface area contributed by atoms with Crippen LogP contribution in [0.1, 0.15) is 23.4 Å². The van der Waals surface area contributed by atoms with Gasteiger partial charge in [0.2, 0.25) is 0 Å². The van der Waals surface area contributed by atoms with Crippen LogP contribution in [-0.4, -0.2) is 33.3 Å². The van der Waals surface area contributed by atoms with Crippen molar-refractivity contribution in [3.63, 3.8) is 0 Å². The van der Waals surface area contributed by atoms with E-state index in [-0.39, 0.29) is 16.8 Å². The van der Waals surface area contributed by atoms with Crippen LogP contribution < -0.4 is 9.64 Å². The number of hydrogen-bond donors (Lipinski definition) is 1. The lowest BCUT2D eigenvalue weighted by Crippen LogP contribution is -2.28. The summed E-state index contributed by atoms with van der Waals surface area (Å²) >= 11 is 2.55. The number of aliphatic hydroxyl groups excluding tert-OH is 1. The van der Waals surface area contributed by atoms with Crippen LogP contribution in [-0.2, 0) is 9.59 Å². The summed E-state index contributed by atoms with van der Waals surface area (Å²) in [6.07, 6.45) is 0. The number of thiazole rings is 1. The number of aromatic nitrogens is 1. The molecular formula is C24H17N3O6S2. The Kier molecular flexibility index (Phi) is 5.79. The molecule has 0 aliphatic carbocycles. The van der Waals surface area contributed by atoms with Gasteiger partial charge in [0.15, 0.2) is 5.13 Å². The maximum absolute atomic E-state index is 13.2. The molecule has 1 fully saturated rings. The Hall–Kier alpha value is -4.09. The quantitative estimate of drug-likeness (QED) is 0.124. The van der Waals surface area contributed by atoms with Crippen LogP contribution in [0.4, 0.5) is 10.8 Å². The van der Waals surface area contributed by atoms with Crippen LogP contribution in [0, 0.1) is 10.1 Å². The summed E-state index contributed by atoms with van der Waals surface area (Å²) in [7, 11) is 0. The van der Waals surface area contributed by atoms with Gasteiger partial charge in [-0.25, -0.2) is 4.98 Å². The molecule has 1 unspecified atom stereocenters. The average Bonchev–Trinajstić information content (AvgIpc) is 3.57. The Morgan fingerprint density at radius 3 is 2.74 bits per heavy atom. The topological polar surface area (TPSA) is 123 Å². The molecule has 9 nitrogen and oxygen atoms in total. The number of aliphatic hydroxyl groups is 1. The molecule has 0 spiro atoms. The number of thiophene rings is 1. The smallest absolute Gasteiger partial charge is 0.301 e. The lowest BCUT2D eigenvalue weighted by atomic mass is 9.99. The molecule has 2 aromatic carbocycles. The summed E-state index contributed by atoms with van der Waals surface area (Å²) in [6, 6.07) is 13.3. The summed E-state index contributed by atoms with van der Waals surface area (Å²) in [6.45, 7) is 2.38. The SMILES string of the molecule is CCOc1ccc2nc(N3C(=O)C(=O)/C(=C(/O)c4cccc([N+](=O)[O-])c4)C3c3cccs3)sc2c1. The van der Waals surface area contributed by atoms with Gasteiger partial charge in [0.1, 0.15) is 17.6 Å². The number of nitro benzene ring substituents is 1. The van der Waals surface area contributed by atoms with E-state index in [9.17, 15) is 24.8 Å². The molecule has 2 aromatic heterocycles. The second kappa shape index (κ2) is 8.93. The number of fused-ring (bicyclic) bond motifs is 1. The van der Waals surface area contributed by atoms with Crippen molar-refractivity contribution < 1.29 is 24.4 Å². The number of rotatable bonds is 6. The van der Waals surface area contributed by atoms with Crippen molar-refractivity contribution in [3.8, 4) is 5.75 Å². The fourth-order valence-electron chi connectivity index (χ4n) is 3.92. The van der Waals surface area contributed by atoms with Gasteiger partial charge in [-0.05, 0) is 36.6 Å². The van der Waals surface area contributed by atoms with E-state index in [0.29, 0.717) is 27.9 Å². The van der Waals surface area contributed by atoms with Gasteiger partial charge in [-0.3, -0.25) is 24.6 Å². The Morgan fingerprint density at radius 1 is 1.20 bits per heavy atom. The zero-order chi connectivity index (χ0) is 24.7. The van der Waals surface area contributed by atoms with E-state index in [0.717, 1.165) is 4.70 Å². The van der Waals surface area contributed by atoms with Crippen molar-refractivity contribution >= 4 is 61.2 Å². The highest BCUT2D eigenvalue weighted by Crippen LogP contribution is 2.45. The van der Waals surface area contributed by atoms with Crippen molar-refractivity contribution in [2.75, 3.05) is 11.5 Å². The molecule has 1 aliphatic rings. The third-order valence-electron chi connectivity index (χ3n) is 5.45. The molecule has 176 valence electrons. The van der Waals surface area contributed by atoms with Gasteiger partial charge in [0.25, 0.3) is 11.5 Å². The molecule has 1 amide bonds. The number of hydrogen-bond acceptors (Lipinski definition) is 9. The van der Waals surface area contributed by atoms with Crippen molar-refractivity contribution in [1.29, 1.82) is 0 Å². The van der Waals surface area contributed by atoms with Crippen LogP contribution in [0.2, 0.25) is 0 Å². The van der Waals surface area contributed by atoms with E-state index < -0.39 is 28.4 Å². The van der Waals surface area contributed by atoms with Gasteiger partial charge in [0, 0.05) is 22.6 Å². The maximum Gasteiger partial charge on any atom is 0.301 e. The van der Waals surface area contributed by atoms with Crippen molar-refractivity contribution in [3.05, 3.63) is 86.1 Å². The third kappa shape index (κ3) is 3.94. The molecule has 35 heavy (non-hydrogen) atoms. The highest BCUT2D eigenvalue weighted by atomic mass is 32.1. The molecule has 3 heterocycles. The molecule has 0 saturated carbocycles. The lowest BCUT2D eigenvalue weighted by molar-refractivity contribution is -0.384. The number of carbonyl (C=O) groups excluding carboxylic acids is 2. The first-order chi connectivity index (χ1) is 16.9. The number of benzene rings is 2. The molecule has 11 heteroatoms. The molecule has 0 radical (unpaired) electrons. The van der Waals surface area contributed by atoms with Crippen LogP contribution in [0.25, 0.3) is 16.0 Å².